The van der Waals surface area contributed by atoms with E-state index >= 15 is 0 Å². The topological polar surface area (TPSA) is 56.9 Å². The molecule has 0 saturated carbocycles. The summed E-state index contributed by atoms with van der Waals surface area (Å²) in [6.07, 6.45) is 2.26. The Bertz CT molecular complexity index is 237. The fourth-order valence-corrected chi connectivity index (χ4v) is 2.43. The first-order valence-electron chi connectivity index (χ1n) is 6.76. The molecule has 0 bridgehead atoms. The van der Waals surface area contributed by atoms with E-state index in [-0.39, 0.29) is 0 Å². The lowest BCUT2D eigenvalue weighted by molar-refractivity contribution is 0.223. The van der Waals surface area contributed by atoms with Crippen molar-refractivity contribution in [2.45, 2.75) is 39.7 Å². The molecule has 1 unspecified atom stereocenters. The molecule has 1 saturated heterocycles. The molecule has 5 nitrogen and oxygen atoms in total. The number of nitrogens with two attached hydrogens (primary N) is 1. The minimum absolute atomic E-state index is 0.644. The van der Waals surface area contributed by atoms with E-state index in [2.05, 4.69) is 41.0 Å². The van der Waals surface area contributed by atoms with Gasteiger partial charge in [0.15, 0.2) is 0 Å². The maximum absolute atomic E-state index is 5.54. The van der Waals surface area contributed by atoms with E-state index in [1.165, 1.54) is 6.42 Å². The van der Waals surface area contributed by atoms with Gasteiger partial charge in [0.05, 0.1) is 0 Å². The molecular formula is C12H27N5. The monoisotopic (exact) mass is 241 g/mol. The molecule has 0 radical (unpaired) electrons. The Morgan fingerprint density at radius 1 is 1.41 bits per heavy atom. The molecule has 0 amide bonds. The number of nitrogens with zero attached hydrogens (tertiary/aromatic N) is 3. The van der Waals surface area contributed by atoms with E-state index in [0.29, 0.717) is 6.04 Å². The number of likely N-dealkylation sites (tertiary alicyclic amines) is 1. The lowest BCUT2D eigenvalue weighted by Gasteiger charge is -2.26. The second-order valence-electron chi connectivity index (χ2n) is 4.46. The smallest absolute Gasteiger partial charge is 0.208 e. The highest BCUT2D eigenvalue weighted by Gasteiger charge is 2.27. The second kappa shape index (κ2) is 7.50. The van der Waals surface area contributed by atoms with Crippen molar-refractivity contribution < 1.29 is 0 Å². The number of likely N-dealkylation sites (N-methyl/N-ethyl adjacent to an activating group) is 1. The number of nitrogens with one attached hydrogen (secondary N) is 1. The number of aliphatic imine (C=N–C) groups is 1. The van der Waals surface area contributed by atoms with Gasteiger partial charge in [-0.05, 0) is 25.9 Å². The Labute approximate surface area is 105 Å². The molecule has 0 aromatic rings. The quantitative estimate of drug-likeness (QED) is 0.321. The number of hydrogen-bond acceptors (Lipinski definition) is 3. The number of hydrazine groups is 1. The van der Waals surface area contributed by atoms with Crippen LogP contribution in [0.1, 0.15) is 33.6 Å². The zero-order chi connectivity index (χ0) is 12.7. The van der Waals surface area contributed by atoms with Crippen LogP contribution in [0.2, 0.25) is 0 Å². The minimum Gasteiger partial charge on any atom is -0.340 e. The van der Waals surface area contributed by atoms with Crippen molar-refractivity contribution in [2.24, 2.45) is 10.8 Å². The molecule has 0 aromatic carbocycles. The molecule has 0 aliphatic carbocycles. The predicted molar refractivity (Wildman–Crippen MR) is 72.8 cm³/mol. The largest absolute Gasteiger partial charge is 0.340 e. The lowest BCUT2D eigenvalue weighted by Crippen LogP contribution is -2.45. The van der Waals surface area contributed by atoms with Crippen LogP contribution in [0, 0.1) is 0 Å². The SMILES string of the molecule is CCCN=C(NN)N1CCC(N(CC)CC)C1. The van der Waals surface area contributed by atoms with Gasteiger partial charge in [-0.15, -0.1) is 0 Å². The average molecular weight is 241 g/mol. The van der Waals surface area contributed by atoms with Gasteiger partial charge in [-0.25, -0.2) is 5.84 Å². The molecule has 1 heterocycles. The van der Waals surface area contributed by atoms with Gasteiger partial charge >= 0.3 is 0 Å². The van der Waals surface area contributed by atoms with Gasteiger partial charge in [0, 0.05) is 25.7 Å². The van der Waals surface area contributed by atoms with Crippen molar-refractivity contribution >= 4 is 5.96 Å². The average Bonchev–Trinajstić information content (AvgIpc) is 2.81. The summed E-state index contributed by atoms with van der Waals surface area (Å²) in [4.78, 5) is 9.25. The summed E-state index contributed by atoms with van der Waals surface area (Å²) in [6.45, 7) is 11.7. The third kappa shape index (κ3) is 3.85. The second-order valence-corrected chi connectivity index (χ2v) is 4.46. The molecule has 17 heavy (non-hydrogen) atoms. The molecule has 0 aromatic heterocycles. The van der Waals surface area contributed by atoms with Crippen molar-refractivity contribution in [3.05, 3.63) is 0 Å². The van der Waals surface area contributed by atoms with Crippen LogP contribution < -0.4 is 11.3 Å². The van der Waals surface area contributed by atoms with E-state index < -0.39 is 0 Å². The third-order valence-corrected chi connectivity index (χ3v) is 3.41. The fourth-order valence-electron chi connectivity index (χ4n) is 2.43. The van der Waals surface area contributed by atoms with Crippen LogP contribution in [0.15, 0.2) is 4.99 Å². The highest BCUT2D eigenvalue weighted by Crippen LogP contribution is 2.15. The van der Waals surface area contributed by atoms with E-state index in [0.717, 1.165) is 45.1 Å². The number of rotatable bonds is 5. The van der Waals surface area contributed by atoms with Crippen molar-refractivity contribution in [1.29, 1.82) is 0 Å². The normalized spacial score (nSPS) is 21.4. The van der Waals surface area contributed by atoms with Crippen LogP contribution in [-0.4, -0.2) is 54.5 Å². The van der Waals surface area contributed by atoms with Crippen LogP contribution in [0.4, 0.5) is 0 Å². The van der Waals surface area contributed by atoms with Gasteiger partial charge in [-0.2, -0.15) is 0 Å². The Morgan fingerprint density at radius 2 is 2.12 bits per heavy atom. The van der Waals surface area contributed by atoms with Crippen molar-refractivity contribution in [1.82, 2.24) is 15.2 Å². The summed E-state index contributed by atoms with van der Waals surface area (Å²) in [7, 11) is 0. The molecular weight excluding hydrogens is 214 g/mol. The molecule has 100 valence electrons. The summed E-state index contributed by atoms with van der Waals surface area (Å²) < 4.78 is 0. The minimum atomic E-state index is 0.644. The standard InChI is InChI=1S/C12H27N5/c1-4-8-14-12(15-13)17-9-7-11(10-17)16(5-2)6-3/h11H,4-10,13H2,1-3H3,(H,14,15). The molecule has 3 N–H and O–H groups in total. The Morgan fingerprint density at radius 3 is 2.65 bits per heavy atom. The summed E-state index contributed by atoms with van der Waals surface area (Å²) in [5.41, 5.74) is 2.73. The van der Waals surface area contributed by atoms with E-state index in [4.69, 9.17) is 5.84 Å². The van der Waals surface area contributed by atoms with Crippen molar-refractivity contribution in [2.75, 3.05) is 32.7 Å². The van der Waals surface area contributed by atoms with Gasteiger partial charge in [0.1, 0.15) is 0 Å². The first kappa shape index (κ1) is 14.3. The van der Waals surface area contributed by atoms with Crippen LogP contribution in [0.25, 0.3) is 0 Å². The van der Waals surface area contributed by atoms with Crippen molar-refractivity contribution in [3.8, 4) is 0 Å². The van der Waals surface area contributed by atoms with Gasteiger partial charge < -0.3 is 4.90 Å². The summed E-state index contributed by atoms with van der Waals surface area (Å²) in [5, 5.41) is 0. The zero-order valence-electron chi connectivity index (χ0n) is 11.4. The Kier molecular flexibility index (Phi) is 6.29. The van der Waals surface area contributed by atoms with E-state index in [1.54, 1.807) is 0 Å². The van der Waals surface area contributed by atoms with Crippen LogP contribution in [-0.2, 0) is 0 Å². The van der Waals surface area contributed by atoms with Crippen molar-refractivity contribution in [3.63, 3.8) is 0 Å². The Hall–Kier alpha value is -0.810. The first-order chi connectivity index (χ1) is 8.26. The maximum atomic E-state index is 5.54. The summed E-state index contributed by atoms with van der Waals surface area (Å²) >= 11 is 0. The van der Waals surface area contributed by atoms with Crippen LogP contribution in [0.3, 0.4) is 0 Å². The van der Waals surface area contributed by atoms with Crippen LogP contribution in [0.5, 0.6) is 0 Å². The number of guanidine groups is 1. The highest BCUT2D eigenvalue weighted by atomic mass is 15.4. The Balaban J connectivity index is 2.53. The molecule has 1 aliphatic rings. The predicted octanol–water partition coefficient (Wildman–Crippen LogP) is 0.632. The third-order valence-electron chi connectivity index (χ3n) is 3.41. The highest BCUT2D eigenvalue weighted by molar-refractivity contribution is 5.79. The van der Waals surface area contributed by atoms with Gasteiger partial charge in [0.25, 0.3) is 0 Å². The van der Waals surface area contributed by atoms with Gasteiger partial charge in [-0.3, -0.25) is 15.3 Å². The lowest BCUT2D eigenvalue weighted by atomic mass is 10.2. The summed E-state index contributed by atoms with van der Waals surface area (Å²) in [6, 6.07) is 0.644. The molecule has 5 heteroatoms. The molecule has 1 aliphatic heterocycles. The maximum Gasteiger partial charge on any atom is 0.208 e. The number of hydrogen-bond donors (Lipinski definition) is 2. The van der Waals surface area contributed by atoms with Gasteiger partial charge in [-0.1, -0.05) is 20.8 Å². The summed E-state index contributed by atoms with van der Waals surface area (Å²) in [5.74, 6) is 6.39. The van der Waals surface area contributed by atoms with E-state index in [9.17, 15) is 0 Å². The fraction of sp³-hybridized carbons (Fsp3) is 0.917. The van der Waals surface area contributed by atoms with E-state index in [1.807, 2.05) is 0 Å². The molecule has 1 atom stereocenters. The first-order valence-corrected chi connectivity index (χ1v) is 6.76. The van der Waals surface area contributed by atoms with Gasteiger partial charge in [0.2, 0.25) is 5.96 Å². The van der Waals surface area contributed by atoms with Crippen LogP contribution >= 0.6 is 0 Å². The molecule has 0 spiro atoms. The zero-order valence-corrected chi connectivity index (χ0v) is 11.4. The molecule has 1 fully saturated rings. The molecule has 1 rings (SSSR count).